The number of aryl methyl sites for hydroxylation is 4. The number of para-hydroxylation sites is 1. The predicted octanol–water partition coefficient (Wildman–Crippen LogP) is 2.90. The Hall–Kier alpha value is -2.98. The highest BCUT2D eigenvalue weighted by atomic mass is 32.2. The van der Waals surface area contributed by atoms with Crippen molar-refractivity contribution in [2.24, 2.45) is 13.0 Å². The normalized spacial score (nSPS) is 15.5. The summed E-state index contributed by atoms with van der Waals surface area (Å²) in [6.07, 6.45) is 2.53. The lowest BCUT2D eigenvalue weighted by Gasteiger charge is -2.32. The number of amides is 1. The van der Waals surface area contributed by atoms with Crippen LogP contribution in [0.1, 0.15) is 41.2 Å². The molecule has 0 unspecified atom stereocenters. The molecule has 188 valence electrons. The lowest BCUT2D eigenvalue weighted by molar-refractivity contribution is -0.135. The van der Waals surface area contributed by atoms with E-state index >= 15 is 0 Å². The van der Waals surface area contributed by atoms with E-state index in [-0.39, 0.29) is 16.9 Å². The van der Waals surface area contributed by atoms with Crippen LogP contribution in [0.25, 0.3) is 5.69 Å². The first-order chi connectivity index (χ1) is 16.5. The Morgan fingerprint density at radius 2 is 1.77 bits per heavy atom. The average Bonchev–Trinajstić information content (AvgIpc) is 3.32. The number of benzene rings is 1. The molecule has 1 saturated heterocycles. The summed E-state index contributed by atoms with van der Waals surface area (Å²) in [4.78, 5) is 19.2. The van der Waals surface area contributed by atoms with Gasteiger partial charge in [0.15, 0.2) is 5.03 Å². The Morgan fingerprint density at radius 3 is 2.37 bits per heavy atom. The number of nitrogens with zero attached hydrogens (tertiary/aromatic N) is 6. The molecule has 0 N–H and O–H groups in total. The minimum atomic E-state index is -3.65. The van der Waals surface area contributed by atoms with Crippen molar-refractivity contribution in [3.8, 4) is 5.69 Å². The van der Waals surface area contributed by atoms with Crippen LogP contribution in [0.15, 0.2) is 35.5 Å². The molecule has 0 spiro atoms. The van der Waals surface area contributed by atoms with Gasteiger partial charge in [0.1, 0.15) is 5.82 Å². The number of piperidine rings is 1. The van der Waals surface area contributed by atoms with Crippen molar-refractivity contribution >= 4 is 15.9 Å². The fourth-order valence-electron chi connectivity index (χ4n) is 4.69. The van der Waals surface area contributed by atoms with E-state index in [0.29, 0.717) is 38.3 Å². The standard InChI is InChI=1S/C25H34N6O3S/c1-17-9-7-8-10-23(17)31-19(3)22(18(2)27-31)15-29(6)25(32)21-11-13-30(14-12-21)35(33,34)24-16-28(5)20(4)26-24/h7-10,16,21H,11-15H2,1-6H3. The van der Waals surface area contributed by atoms with Gasteiger partial charge in [-0.15, -0.1) is 0 Å². The maximum Gasteiger partial charge on any atom is 0.262 e. The maximum atomic E-state index is 13.2. The van der Waals surface area contributed by atoms with Crippen molar-refractivity contribution in [1.82, 2.24) is 28.5 Å². The van der Waals surface area contributed by atoms with Gasteiger partial charge in [-0.2, -0.15) is 9.40 Å². The maximum absolute atomic E-state index is 13.2. The van der Waals surface area contributed by atoms with Gasteiger partial charge in [-0.3, -0.25) is 4.79 Å². The first kappa shape index (κ1) is 25.1. The van der Waals surface area contributed by atoms with Crippen LogP contribution in [0.2, 0.25) is 0 Å². The van der Waals surface area contributed by atoms with Crippen LogP contribution in [0.3, 0.4) is 0 Å². The van der Waals surface area contributed by atoms with Gasteiger partial charge >= 0.3 is 0 Å². The summed E-state index contributed by atoms with van der Waals surface area (Å²) in [6.45, 7) is 8.92. The molecule has 0 atom stereocenters. The van der Waals surface area contributed by atoms with E-state index in [1.165, 1.54) is 10.5 Å². The van der Waals surface area contributed by atoms with E-state index in [9.17, 15) is 13.2 Å². The summed E-state index contributed by atoms with van der Waals surface area (Å²) in [5, 5.41) is 4.80. The van der Waals surface area contributed by atoms with E-state index in [1.54, 1.807) is 23.4 Å². The number of aromatic nitrogens is 4. The first-order valence-electron chi connectivity index (χ1n) is 11.9. The predicted molar refractivity (Wildman–Crippen MR) is 134 cm³/mol. The van der Waals surface area contributed by atoms with Gasteiger partial charge in [-0.05, 0) is 52.2 Å². The Bertz CT molecular complexity index is 1330. The fourth-order valence-corrected chi connectivity index (χ4v) is 6.19. The van der Waals surface area contributed by atoms with Gasteiger partial charge in [0.2, 0.25) is 5.91 Å². The second kappa shape index (κ2) is 9.58. The molecular weight excluding hydrogens is 464 g/mol. The minimum Gasteiger partial charge on any atom is -0.341 e. The van der Waals surface area contributed by atoms with E-state index < -0.39 is 10.0 Å². The molecule has 1 aliphatic heterocycles. The largest absolute Gasteiger partial charge is 0.341 e. The number of hydrogen-bond acceptors (Lipinski definition) is 5. The van der Waals surface area contributed by atoms with Gasteiger partial charge in [-0.25, -0.2) is 18.1 Å². The highest BCUT2D eigenvalue weighted by Gasteiger charge is 2.34. The quantitative estimate of drug-likeness (QED) is 0.521. The summed E-state index contributed by atoms with van der Waals surface area (Å²) in [5.74, 6) is 0.480. The Labute approximate surface area is 207 Å². The molecule has 0 aliphatic carbocycles. The van der Waals surface area contributed by atoms with Crippen LogP contribution >= 0.6 is 0 Å². The van der Waals surface area contributed by atoms with Crippen LogP contribution in [-0.4, -0.2) is 63.0 Å². The average molecular weight is 499 g/mol. The van der Waals surface area contributed by atoms with Gasteiger partial charge in [0, 0.05) is 57.1 Å². The van der Waals surface area contributed by atoms with Crippen molar-refractivity contribution < 1.29 is 13.2 Å². The minimum absolute atomic E-state index is 0.0400. The van der Waals surface area contributed by atoms with Crippen LogP contribution in [-0.2, 0) is 28.4 Å². The van der Waals surface area contributed by atoms with Gasteiger partial charge in [0.05, 0.1) is 11.4 Å². The molecule has 2 aromatic heterocycles. The zero-order valence-corrected chi connectivity index (χ0v) is 22.1. The molecule has 4 rings (SSSR count). The van der Waals surface area contributed by atoms with Crippen molar-refractivity contribution in [2.45, 2.75) is 52.1 Å². The van der Waals surface area contributed by atoms with E-state index in [0.717, 1.165) is 28.2 Å². The fraction of sp³-hybridized carbons (Fsp3) is 0.480. The Balaban J connectivity index is 1.42. The molecule has 0 radical (unpaired) electrons. The zero-order chi connectivity index (χ0) is 25.5. The highest BCUT2D eigenvalue weighted by molar-refractivity contribution is 7.89. The number of sulfonamides is 1. The first-order valence-corrected chi connectivity index (χ1v) is 13.3. The van der Waals surface area contributed by atoms with Crippen LogP contribution in [0.5, 0.6) is 0 Å². The van der Waals surface area contributed by atoms with Crippen LogP contribution in [0.4, 0.5) is 0 Å². The highest BCUT2D eigenvalue weighted by Crippen LogP contribution is 2.26. The molecule has 9 nitrogen and oxygen atoms in total. The van der Waals surface area contributed by atoms with Crippen LogP contribution < -0.4 is 0 Å². The number of hydrogen-bond donors (Lipinski definition) is 0. The number of carbonyl (C=O) groups is 1. The van der Waals surface area contributed by atoms with E-state index in [4.69, 9.17) is 5.10 Å². The Kier molecular flexibility index (Phi) is 6.88. The molecule has 1 amide bonds. The van der Waals surface area contributed by atoms with Crippen molar-refractivity contribution in [2.75, 3.05) is 20.1 Å². The third kappa shape index (κ3) is 4.77. The lowest BCUT2D eigenvalue weighted by Crippen LogP contribution is -2.43. The smallest absolute Gasteiger partial charge is 0.262 e. The number of rotatable bonds is 6. The van der Waals surface area contributed by atoms with Gasteiger partial charge < -0.3 is 9.47 Å². The molecule has 0 bridgehead atoms. The van der Waals surface area contributed by atoms with Crippen molar-refractivity contribution in [3.63, 3.8) is 0 Å². The van der Waals surface area contributed by atoms with Gasteiger partial charge in [-0.1, -0.05) is 18.2 Å². The monoisotopic (exact) mass is 498 g/mol. The molecule has 1 aliphatic rings. The second-order valence-electron chi connectivity index (χ2n) is 9.46. The van der Waals surface area contributed by atoms with Crippen molar-refractivity contribution in [1.29, 1.82) is 0 Å². The third-order valence-electron chi connectivity index (χ3n) is 7.05. The molecule has 1 fully saturated rings. The summed E-state index contributed by atoms with van der Waals surface area (Å²) in [7, 11) is -0.0689. The molecule has 35 heavy (non-hydrogen) atoms. The summed E-state index contributed by atoms with van der Waals surface area (Å²) in [6, 6.07) is 8.10. The lowest BCUT2D eigenvalue weighted by atomic mass is 9.96. The SMILES string of the molecule is Cc1ccccc1-n1nc(C)c(CN(C)C(=O)C2CCN(S(=O)(=O)c3cn(C)c(C)n3)CC2)c1C. The molecule has 0 saturated carbocycles. The number of carbonyl (C=O) groups excluding carboxylic acids is 1. The molecule has 1 aromatic carbocycles. The molecular formula is C25H34N6O3S. The summed E-state index contributed by atoms with van der Waals surface area (Å²) in [5.41, 5.74) is 5.12. The molecule has 10 heteroatoms. The van der Waals surface area contributed by atoms with E-state index in [1.807, 2.05) is 43.8 Å². The zero-order valence-electron chi connectivity index (χ0n) is 21.3. The third-order valence-corrected chi connectivity index (χ3v) is 8.82. The topological polar surface area (TPSA) is 93.3 Å². The van der Waals surface area contributed by atoms with Crippen LogP contribution in [0, 0.1) is 33.6 Å². The van der Waals surface area contributed by atoms with E-state index in [2.05, 4.69) is 18.0 Å². The Morgan fingerprint density at radius 1 is 1.11 bits per heavy atom. The van der Waals surface area contributed by atoms with Crippen molar-refractivity contribution in [3.05, 3.63) is 58.8 Å². The van der Waals surface area contributed by atoms with Gasteiger partial charge in [0.25, 0.3) is 10.0 Å². The summed E-state index contributed by atoms with van der Waals surface area (Å²) < 4.78 is 31.0. The molecule has 3 aromatic rings. The number of imidazole rings is 1. The molecule has 3 heterocycles. The summed E-state index contributed by atoms with van der Waals surface area (Å²) >= 11 is 0. The second-order valence-corrected chi connectivity index (χ2v) is 11.3.